The summed E-state index contributed by atoms with van der Waals surface area (Å²) in [7, 11) is 2.04. The SMILES string of the molecule is CCNc1nc(N(CC)CC)nc(N(C)C(C)C(C)C)n1. The van der Waals surface area contributed by atoms with Crippen LogP contribution in [0.5, 0.6) is 0 Å². The molecule has 0 amide bonds. The smallest absolute Gasteiger partial charge is 0.231 e. The van der Waals surface area contributed by atoms with Crippen molar-refractivity contribution in [3.8, 4) is 0 Å². The highest BCUT2D eigenvalue weighted by Gasteiger charge is 2.19. The van der Waals surface area contributed by atoms with Crippen LogP contribution in [-0.4, -0.2) is 47.7 Å². The normalized spacial score (nSPS) is 12.4. The highest BCUT2D eigenvalue weighted by Crippen LogP contribution is 2.19. The average Bonchev–Trinajstić information content (AvgIpc) is 2.47. The molecule has 1 rings (SSSR count). The summed E-state index contributed by atoms with van der Waals surface area (Å²) in [5.41, 5.74) is 0. The topological polar surface area (TPSA) is 57.2 Å². The number of nitrogens with one attached hydrogen (secondary N) is 1. The van der Waals surface area contributed by atoms with E-state index in [0.29, 0.717) is 17.9 Å². The molecule has 1 N–H and O–H groups in total. The summed E-state index contributed by atoms with van der Waals surface area (Å²) in [6.07, 6.45) is 0. The van der Waals surface area contributed by atoms with Crippen LogP contribution in [0.15, 0.2) is 0 Å². The predicted octanol–water partition coefficient (Wildman–Crippen LogP) is 2.63. The molecule has 0 aliphatic rings. The molecular weight excluding hydrogens is 264 g/mol. The molecule has 1 aromatic rings. The predicted molar refractivity (Wildman–Crippen MR) is 90.3 cm³/mol. The Morgan fingerprint density at radius 3 is 2.00 bits per heavy atom. The van der Waals surface area contributed by atoms with Crippen molar-refractivity contribution in [1.29, 1.82) is 0 Å². The summed E-state index contributed by atoms with van der Waals surface area (Å²) in [4.78, 5) is 18.0. The maximum atomic E-state index is 4.65. The zero-order valence-corrected chi connectivity index (χ0v) is 14.5. The second-order valence-corrected chi connectivity index (χ2v) is 5.56. The van der Waals surface area contributed by atoms with Gasteiger partial charge in [-0.1, -0.05) is 13.8 Å². The first kappa shape index (κ1) is 17.5. The molecule has 0 saturated carbocycles. The van der Waals surface area contributed by atoms with E-state index in [1.165, 1.54) is 0 Å². The first-order valence-corrected chi connectivity index (χ1v) is 7.92. The van der Waals surface area contributed by atoms with E-state index in [0.717, 1.165) is 31.5 Å². The van der Waals surface area contributed by atoms with E-state index in [4.69, 9.17) is 0 Å². The van der Waals surface area contributed by atoms with Crippen LogP contribution in [0.3, 0.4) is 0 Å². The maximum Gasteiger partial charge on any atom is 0.231 e. The molecule has 6 nitrogen and oxygen atoms in total. The Morgan fingerprint density at radius 1 is 0.952 bits per heavy atom. The highest BCUT2D eigenvalue weighted by molar-refractivity contribution is 5.45. The van der Waals surface area contributed by atoms with Gasteiger partial charge in [-0.2, -0.15) is 15.0 Å². The van der Waals surface area contributed by atoms with Crippen LogP contribution in [0.2, 0.25) is 0 Å². The second-order valence-electron chi connectivity index (χ2n) is 5.56. The van der Waals surface area contributed by atoms with Gasteiger partial charge in [-0.3, -0.25) is 0 Å². The molecule has 1 heterocycles. The summed E-state index contributed by atoms with van der Waals surface area (Å²) in [5.74, 6) is 2.64. The van der Waals surface area contributed by atoms with Crippen molar-refractivity contribution in [2.24, 2.45) is 5.92 Å². The van der Waals surface area contributed by atoms with Crippen LogP contribution in [0.1, 0.15) is 41.5 Å². The summed E-state index contributed by atoms with van der Waals surface area (Å²) in [6.45, 7) is 15.4. The number of nitrogens with zero attached hydrogens (tertiary/aromatic N) is 5. The molecule has 0 fully saturated rings. The molecule has 0 radical (unpaired) electrons. The van der Waals surface area contributed by atoms with Crippen LogP contribution in [0.4, 0.5) is 17.8 Å². The molecule has 21 heavy (non-hydrogen) atoms. The van der Waals surface area contributed by atoms with Crippen molar-refractivity contribution in [3.05, 3.63) is 0 Å². The molecule has 1 atom stereocenters. The second kappa shape index (κ2) is 8.00. The van der Waals surface area contributed by atoms with Crippen LogP contribution < -0.4 is 15.1 Å². The zero-order chi connectivity index (χ0) is 16.0. The molecule has 1 unspecified atom stereocenters. The van der Waals surface area contributed by atoms with Crippen molar-refractivity contribution in [2.45, 2.75) is 47.6 Å². The van der Waals surface area contributed by atoms with Gasteiger partial charge < -0.3 is 15.1 Å². The molecular formula is C15H30N6. The quantitative estimate of drug-likeness (QED) is 0.795. The van der Waals surface area contributed by atoms with Crippen molar-refractivity contribution < 1.29 is 0 Å². The third-order valence-electron chi connectivity index (χ3n) is 3.88. The fraction of sp³-hybridized carbons (Fsp3) is 0.800. The van der Waals surface area contributed by atoms with Gasteiger partial charge in [0.1, 0.15) is 0 Å². The summed E-state index contributed by atoms with van der Waals surface area (Å²) in [5, 5.41) is 3.20. The molecule has 0 bridgehead atoms. The van der Waals surface area contributed by atoms with Crippen molar-refractivity contribution >= 4 is 17.8 Å². The monoisotopic (exact) mass is 294 g/mol. The highest BCUT2D eigenvalue weighted by atomic mass is 15.4. The minimum atomic E-state index is 0.367. The van der Waals surface area contributed by atoms with E-state index < -0.39 is 0 Å². The fourth-order valence-electron chi connectivity index (χ4n) is 2.03. The molecule has 0 spiro atoms. The van der Waals surface area contributed by atoms with E-state index in [1.807, 2.05) is 14.0 Å². The van der Waals surface area contributed by atoms with Crippen molar-refractivity contribution in [2.75, 3.05) is 41.8 Å². The van der Waals surface area contributed by atoms with E-state index >= 15 is 0 Å². The molecule has 6 heteroatoms. The molecule has 1 aromatic heterocycles. The Kier molecular flexibility index (Phi) is 6.65. The van der Waals surface area contributed by atoms with Gasteiger partial charge in [0.15, 0.2) is 0 Å². The number of hydrogen-bond donors (Lipinski definition) is 1. The van der Waals surface area contributed by atoms with Crippen molar-refractivity contribution in [1.82, 2.24) is 15.0 Å². The van der Waals surface area contributed by atoms with Crippen molar-refractivity contribution in [3.63, 3.8) is 0 Å². The largest absolute Gasteiger partial charge is 0.354 e. The lowest BCUT2D eigenvalue weighted by Crippen LogP contribution is -2.35. The van der Waals surface area contributed by atoms with E-state index in [2.05, 4.69) is 64.7 Å². The fourth-order valence-corrected chi connectivity index (χ4v) is 2.03. The molecule has 0 aliphatic heterocycles. The molecule has 0 aromatic carbocycles. The lowest BCUT2D eigenvalue weighted by atomic mass is 10.1. The first-order valence-electron chi connectivity index (χ1n) is 7.92. The summed E-state index contributed by atoms with van der Waals surface area (Å²) >= 11 is 0. The van der Waals surface area contributed by atoms with E-state index in [1.54, 1.807) is 0 Å². The zero-order valence-electron chi connectivity index (χ0n) is 14.5. The number of hydrogen-bond acceptors (Lipinski definition) is 6. The van der Waals surface area contributed by atoms with Crippen LogP contribution in [-0.2, 0) is 0 Å². The van der Waals surface area contributed by atoms with E-state index in [-0.39, 0.29) is 0 Å². The third-order valence-corrected chi connectivity index (χ3v) is 3.88. The molecule has 120 valence electrons. The lowest BCUT2D eigenvalue weighted by Gasteiger charge is -2.29. The van der Waals surface area contributed by atoms with Gasteiger partial charge in [0, 0.05) is 32.7 Å². The van der Waals surface area contributed by atoms with Gasteiger partial charge >= 0.3 is 0 Å². The van der Waals surface area contributed by atoms with Gasteiger partial charge in [-0.15, -0.1) is 0 Å². The Bertz CT molecular complexity index is 430. The first-order chi connectivity index (χ1) is 9.94. The number of aromatic nitrogens is 3. The summed E-state index contributed by atoms with van der Waals surface area (Å²) < 4.78 is 0. The van der Waals surface area contributed by atoms with Crippen LogP contribution in [0, 0.1) is 5.92 Å². The summed E-state index contributed by atoms with van der Waals surface area (Å²) in [6, 6.07) is 0.367. The maximum absolute atomic E-state index is 4.65. The van der Waals surface area contributed by atoms with Crippen LogP contribution >= 0.6 is 0 Å². The average molecular weight is 294 g/mol. The molecule has 0 saturated heterocycles. The van der Waals surface area contributed by atoms with Gasteiger partial charge in [0.2, 0.25) is 17.8 Å². The van der Waals surface area contributed by atoms with Gasteiger partial charge in [0.25, 0.3) is 0 Å². The van der Waals surface area contributed by atoms with Gasteiger partial charge in [-0.25, -0.2) is 0 Å². The minimum Gasteiger partial charge on any atom is -0.354 e. The van der Waals surface area contributed by atoms with Gasteiger partial charge in [-0.05, 0) is 33.6 Å². The Morgan fingerprint density at radius 2 is 1.52 bits per heavy atom. The Labute approximate surface area is 129 Å². The minimum absolute atomic E-state index is 0.367. The van der Waals surface area contributed by atoms with Gasteiger partial charge in [0.05, 0.1) is 0 Å². The third kappa shape index (κ3) is 4.44. The lowest BCUT2D eigenvalue weighted by molar-refractivity contribution is 0.499. The van der Waals surface area contributed by atoms with E-state index in [9.17, 15) is 0 Å². The molecule has 0 aliphatic carbocycles. The Balaban J connectivity index is 3.18. The standard InChI is InChI=1S/C15H30N6/c1-8-16-13-17-14(20(7)12(6)11(4)5)19-15(18-13)21(9-2)10-3/h11-12H,8-10H2,1-7H3,(H,16,17,18,19). The Hall–Kier alpha value is -1.59. The number of anilines is 3. The number of rotatable bonds is 8. The van der Waals surface area contributed by atoms with Crippen LogP contribution in [0.25, 0.3) is 0 Å².